The van der Waals surface area contributed by atoms with Crippen LogP contribution >= 0.6 is 34.8 Å². The number of carbonyl (C=O) groups is 2. The number of nitrogens with one attached hydrogen (secondary N) is 1. The van der Waals surface area contributed by atoms with Crippen molar-refractivity contribution < 1.29 is 18.0 Å². The lowest BCUT2D eigenvalue weighted by molar-refractivity contribution is -0.140. The molecule has 0 saturated carbocycles. The predicted octanol–water partition coefficient (Wildman–Crippen LogP) is 5.83. The van der Waals surface area contributed by atoms with Crippen molar-refractivity contribution in [1.29, 1.82) is 0 Å². The van der Waals surface area contributed by atoms with E-state index >= 15 is 0 Å². The molecule has 0 fully saturated rings. The molecule has 0 radical (unpaired) electrons. The van der Waals surface area contributed by atoms with Crippen molar-refractivity contribution in [1.82, 2.24) is 10.2 Å². The molecule has 0 unspecified atom stereocenters. The fraction of sp³-hybridized carbons (Fsp3) is 0.310. The maximum Gasteiger partial charge on any atom is 0.244 e. The number of rotatable bonds is 12. The Morgan fingerprint density at radius 1 is 0.900 bits per heavy atom. The van der Waals surface area contributed by atoms with Crippen molar-refractivity contribution in [3.8, 4) is 0 Å². The summed E-state index contributed by atoms with van der Waals surface area (Å²) in [5, 5.41) is 3.74. The second-order valence-corrected chi connectivity index (χ2v) is 13.0. The van der Waals surface area contributed by atoms with Gasteiger partial charge in [-0.1, -0.05) is 97.2 Å². The van der Waals surface area contributed by atoms with Crippen LogP contribution in [0.1, 0.15) is 25.0 Å². The van der Waals surface area contributed by atoms with Crippen molar-refractivity contribution in [3.63, 3.8) is 0 Å². The summed E-state index contributed by atoms with van der Waals surface area (Å²) in [5.41, 5.74) is 1.55. The highest BCUT2D eigenvalue weighted by Crippen LogP contribution is 2.31. The number of halogens is 3. The van der Waals surface area contributed by atoms with Gasteiger partial charge in [0.2, 0.25) is 21.8 Å². The standard InChI is InChI=1S/C29H32Cl3N3O4S/c1-20(2)17-33-29(37)27(15-21-9-5-4-6-10-21)34(18-22-11-7-8-12-24(22)31)28(36)19-35(40(3,38)39)26-14-13-23(30)16-25(26)32/h4-14,16,20,27H,15,17-19H2,1-3H3,(H,33,37)/t27-/m0/s1. The lowest BCUT2D eigenvalue weighted by atomic mass is 10.0. The van der Waals surface area contributed by atoms with Crippen LogP contribution in [-0.2, 0) is 32.6 Å². The average molecular weight is 625 g/mol. The molecule has 214 valence electrons. The molecule has 0 aliphatic carbocycles. The smallest absolute Gasteiger partial charge is 0.244 e. The monoisotopic (exact) mass is 623 g/mol. The minimum Gasteiger partial charge on any atom is -0.354 e. The number of hydrogen-bond acceptors (Lipinski definition) is 4. The molecule has 0 aromatic heterocycles. The molecule has 0 bridgehead atoms. The summed E-state index contributed by atoms with van der Waals surface area (Å²) >= 11 is 18.8. The van der Waals surface area contributed by atoms with Crippen LogP contribution in [0.5, 0.6) is 0 Å². The molecule has 7 nitrogen and oxygen atoms in total. The van der Waals surface area contributed by atoms with Gasteiger partial charge in [-0.25, -0.2) is 8.42 Å². The highest BCUT2D eigenvalue weighted by Gasteiger charge is 2.33. The first kappa shape index (κ1) is 31.7. The molecular formula is C29H32Cl3N3O4S. The van der Waals surface area contributed by atoms with Crippen molar-refractivity contribution in [2.75, 3.05) is 23.7 Å². The maximum atomic E-state index is 14.1. The summed E-state index contributed by atoms with van der Waals surface area (Å²) in [6.45, 7) is 3.75. The van der Waals surface area contributed by atoms with E-state index in [0.717, 1.165) is 16.1 Å². The summed E-state index contributed by atoms with van der Waals surface area (Å²) in [6.07, 6.45) is 1.20. The van der Waals surface area contributed by atoms with E-state index in [1.165, 1.54) is 23.1 Å². The zero-order valence-electron chi connectivity index (χ0n) is 22.5. The molecule has 0 aliphatic rings. The minimum atomic E-state index is -3.96. The normalized spacial score (nSPS) is 12.2. The Balaban J connectivity index is 2.08. The van der Waals surface area contributed by atoms with E-state index in [1.807, 2.05) is 44.2 Å². The number of benzene rings is 3. The van der Waals surface area contributed by atoms with E-state index in [9.17, 15) is 18.0 Å². The van der Waals surface area contributed by atoms with Crippen LogP contribution in [0.15, 0.2) is 72.8 Å². The van der Waals surface area contributed by atoms with Crippen LogP contribution in [0.25, 0.3) is 0 Å². The third kappa shape index (κ3) is 8.86. The fourth-order valence-electron chi connectivity index (χ4n) is 4.06. The number of hydrogen-bond donors (Lipinski definition) is 1. The lowest BCUT2D eigenvalue weighted by Gasteiger charge is -2.34. The number of carbonyl (C=O) groups excluding carboxylic acids is 2. The van der Waals surface area contributed by atoms with E-state index in [4.69, 9.17) is 34.8 Å². The average Bonchev–Trinajstić information content (AvgIpc) is 2.89. The quantitative estimate of drug-likeness (QED) is 0.275. The second kappa shape index (κ2) is 14.2. The van der Waals surface area contributed by atoms with Crippen LogP contribution in [0.4, 0.5) is 5.69 Å². The Kier molecular flexibility index (Phi) is 11.3. The summed E-state index contributed by atoms with van der Waals surface area (Å²) in [7, 11) is -3.96. The zero-order chi connectivity index (χ0) is 29.4. The van der Waals surface area contributed by atoms with Gasteiger partial charge in [0.15, 0.2) is 0 Å². The van der Waals surface area contributed by atoms with Crippen molar-refractivity contribution >= 4 is 62.3 Å². The van der Waals surface area contributed by atoms with Gasteiger partial charge < -0.3 is 10.2 Å². The van der Waals surface area contributed by atoms with E-state index in [0.29, 0.717) is 22.2 Å². The molecule has 3 rings (SSSR count). The van der Waals surface area contributed by atoms with E-state index in [-0.39, 0.29) is 35.5 Å². The Labute approximate surface area is 251 Å². The Morgan fingerprint density at radius 2 is 1.55 bits per heavy atom. The third-order valence-corrected chi connectivity index (χ3v) is 8.14. The van der Waals surface area contributed by atoms with Crippen molar-refractivity contribution in [2.24, 2.45) is 5.92 Å². The summed E-state index contributed by atoms with van der Waals surface area (Å²) in [6, 6.07) is 19.7. The molecule has 3 aromatic carbocycles. The highest BCUT2D eigenvalue weighted by molar-refractivity contribution is 7.92. The molecule has 1 N–H and O–H groups in total. The largest absolute Gasteiger partial charge is 0.354 e. The Morgan fingerprint density at radius 3 is 2.15 bits per heavy atom. The van der Waals surface area contributed by atoms with Crippen molar-refractivity contribution in [3.05, 3.63) is 99.0 Å². The molecule has 0 heterocycles. The Hall–Kier alpha value is -2.78. The number of nitrogens with zero attached hydrogens (tertiary/aromatic N) is 2. The fourth-order valence-corrected chi connectivity index (χ4v) is 5.68. The van der Waals surface area contributed by atoms with Crippen LogP contribution in [0.2, 0.25) is 15.1 Å². The molecular weight excluding hydrogens is 593 g/mol. The minimum absolute atomic E-state index is 0.0168. The van der Waals surface area contributed by atoms with Crippen LogP contribution in [0.3, 0.4) is 0 Å². The number of anilines is 1. The lowest BCUT2D eigenvalue weighted by Crippen LogP contribution is -2.53. The molecule has 0 spiro atoms. The molecule has 0 saturated heterocycles. The number of sulfonamides is 1. The second-order valence-electron chi connectivity index (χ2n) is 9.82. The molecule has 40 heavy (non-hydrogen) atoms. The van der Waals surface area contributed by atoms with Crippen LogP contribution in [-0.4, -0.2) is 50.5 Å². The van der Waals surface area contributed by atoms with Gasteiger partial charge in [-0.15, -0.1) is 0 Å². The molecule has 1 atom stereocenters. The summed E-state index contributed by atoms with van der Waals surface area (Å²) < 4.78 is 26.7. The highest BCUT2D eigenvalue weighted by atomic mass is 35.5. The van der Waals surface area contributed by atoms with E-state index in [1.54, 1.807) is 24.3 Å². The van der Waals surface area contributed by atoms with Gasteiger partial charge in [0.25, 0.3) is 0 Å². The van der Waals surface area contributed by atoms with Gasteiger partial charge in [-0.2, -0.15) is 0 Å². The van der Waals surface area contributed by atoms with Gasteiger partial charge in [0.1, 0.15) is 12.6 Å². The van der Waals surface area contributed by atoms with Crippen LogP contribution < -0.4 is 9.62 Å². The molecule has 3 aromatic rings. The maximum absolute atomic E-state index is 14.1. The van der Waals surface area contributed by atoms with Gasteiger partial charge in [-0.3, -0.25) is 13.9 Å². The van der Waals surface area contributed by atoms with Gasteiger partial charge >= 0.3 is 0 Å². The predicted molar refractivity (Wildman–Crippen MR) is 162 cm³/mol. The van der Waals surface area contributed by atoms with Crippen molar-refractivity contribution in [2.45, 2.75) is 32.9 Å². The van der Waals surface area contributed by atoms with E-state index in [2.05, 4.69) is 5.32 Å². The Bertz CT molecular complexity index is 1440. The summed E-state index contributed by atoms with van der Waals surface area (Å²) in [5.74, 6) is -0.771. The SMILES string of the molecule is CC(C)CNC(=O)[C@H](Cc1ccccc1)N(Cc1ccccc1Cl)C(=O)CN(c1ccc(Cl)cc1Cl)S(C)(=O)=O. The van der Waals surface area contributed by atoms with E-state index < -0.39 is 28.5 Å². The topological polar surface area (TPSA) is 86.8 Å². The third-order valence-electron chi connectivity index (χ3n) is 6.11. The van der Waals surface area contributed by atoms with Gasteiger partial charge in [0.05, 0.1) is 17.0 Å². The number of amides is 2. The first-order valence-electron chi connectivity index (χ1n) is 12.6. The van der Waals surface area contributed by atoms with Gasteiger partial charge in [-0.05, 0) is 41.3 Å². The summed E-state index contributed by atoms with van der Waals surface area (Å²) in [4.78, 5) is 29.1. The first-order valence-corrected chi connectivity index (χ1v) is 15.6. The van der Waals surface area contributed by atoms with Crippen LogP contribution in [0, 0.1) is 5.92 Å². The molecule has 0 aliphatic heterocycles. The molecule has 2 amide bonds. The molecule has 11 heteroatoms. The first-order chi connectivity index (χ1) is 18.9. The zero-order valence-corrected chi connectivity index (χ0v) is 25.6. The van der Waals surface area contributed by atoms with Gasteiger partial charge in [0, 0.05) is 29.6 Å².